The Morgan fingerprint density at radius 2 is 2.19 bits per heavy atom. The number of nitrogens with zero attached hydrogens (tertiary/aromatic N) is 1. The number of thiazole rings is 1. The van der Waals surface area contributed by atoms with Crippen LogP contribution in [0.2, 0.25) is 0 Å². The normalized spacial score (nSPS) is 11.3. The van der Waals surface area contributed by atoms with Gasteiger partial charge in [-0.1, -0.05) is 25.2 Å². The van der Waals surface area contributed by atoms with Crippen LogP contribution in [0.1, 0.15) is 30.3 Å². The first-order valence-corrected chi connectivity index (χ1v) is 5.84. The number of carbonyl (C=O) groups is 1. The molecule has 1 heterocycles. The van der Waals surface area contributed by atoms with E-state index in [9.17, 15) is 9.59 Å². The van der Waals surface area contributed by atoms with Crippen LogP contribution in [0, 0.1) is 0 Å². The summed E-state index contributed by atoms with van der Waals surface area (Å²) in [5.41, 5.74) is 0.909. The third-order valence-electron chi connectivity index (χ3n) is 2.15. The summed E-state index contributed by atoms with van der Waals surface area (Å²) in [6, 6.07) is 0. The van der Waals surface area contributed by atoms with E-state index in [0.717, 1.165) is 21.9 Å². The lowest BCUT2D eigenvalue weighted by atomic mass is 10.1. The Morgan fingerprint density at radius 3 is 2.69 bits per heavy atom. The summed E-state index contributed by atoms with van der Waals surface area (Å²) in [6.45, 7) is 4.46. The summed E-state index contributed by atoms with van der Waals surface area (Å²) in [5, 5.41) is 8.64. The Bertz CT molecular complexity index is 422. The average Bonchev–Trinajstić information content (AvgIpc) is 2.44. The lowest BCUT2D eigenvalue weighted by Crippen LogP contribution is -2.25. The minimum Gasteiger partial charge on any atom is -0.480 e. The Labute approximate surface area is 97.7 Å². The van der Waals surface area contributed by atoms with E-state index in [1.807, 2.05) is 13.8 Å². The maximum absolute atomic E-state index is 11.2. The fourth-order valence-electron chi connectivity index (χ4n) is 1.49. The van der Waals surface area contributed by atoms with Gasteiger partial charge in [-0.3, -0.25) is 14.5 Å². The average molecular weight is 244 g/mol. The van der Waals surface area contributed by atoms with E-state index in [1.54, 1.807) is 11.9 Å². The van der Waals surface area contributed by atoms with Crippen LogP contribution in [0.25, 0.3) is 0 Å². The van der Waals surface area contributed by atoms with Crippen molar-refractivity contribution < 1.29 is 9.90 Å². The number of nitrogens with one attached hydrogen (secondary N) is 1. The zero-order valence-electron chi connectivity index (χ0n) is 9.61. The molecule has 5 nitrogen and oxygen atoms in total. The minimum atomic E-state index is -0.864. The quantitative estimate of drug-likeness (QED) is 0.812. The Balaban J connectivity index is 2.80. The summed E-state index contributed by atoms with van der Waals surface area (Å²) < 4.78 is 0. The topological polar surface area (TPSA) is 73.4 Å². The van der Waals surface area contributed by atoms with Gasteiger partial charge in [0.05, 0.1) is 6.54 Å². The molecule has 0 radical (unpaired) electrons. The number of aromatic amines is 1. The van der Waals surface area contributed by atoms with Crippen LogP contribution >= 0.6 is 11.3 Å². The number of rotatable bonds is 5. The highest BCUT2D eigenvalue weighted by molar-refractivity contribution is 7.09. The van der Waals surface area contributed by atoms with Gasteiger partial charge in [0.1, 0.15) is 0 Å². The third-order valence-corrected chi connectivity index (χ3v) is 3.03. The number of hydrogen-bond donors (Lipinski definition) is 2. The number of carboxylic acids is 1. The van der Waals surface area contributed by atoms with Crippen molar-refractivity contribution in [2.45, 2.75) is 26.3 Å². The van der Waals surface area contributed by atoms with Crippen molar-refractivity contribution in [1.82, 2.24) is 9.88 Å². The first kappa shape index (κ1) is 12.9. The number of hydrogen-bond acceptors (Lipinski definition) is 4. The molecule has 0 aromatic carbocycles. The number of carboxylic acid groups (broad SMARTS) is 1. The van der Waals surface area contributed by atoms with Crippen LogP contribution in [0.3, 0.4) is 0 Å². The van der Waals surface area contributed by atoms with Gasteiger partial charge in [0, 0.05) is 17.1 Å². The third kappa shape index (κ3) is 3.46. The molecule has 0 bridgehead atoms. The lowest BCUT2D eigenvalue weighted by molar-refractivity contribution is -0.138. The van der Waals surface area contributed by atoms with Crippen LogP contribution in [0.15, 0.2) is 4.79 Å². The van der Waals surface area contributed by atoms with E-state index in [4.69, 9.17) is 5.11 Å². The number of aromatic nitrogens is 1. The molecule has 0 saturated carbocycles. The Morgan fingerprint density at radius 1 is 1.56 bits per heavy atom. The van der Waals surface area contributed by atoms with Crippen LogP contribution < -0.4 is 4.87 Å². The first-order chi connectivity index (χ1) is 7.40. The van der Waals surface area contributed by atoms with Gasteiger partial charge in [-0.05, 0) is 13.0 Å². The van der Waals surface area contributed by atoms with Gasteiger partial charge in [0.15, 0.2) is 0 Å². The van der Waals surface area contributed by atoms with Gasteiger partial charge >= 0.3 is 10.8 Å². The molecule has 0 aliphatic heterocycles. The molecule has 0 amide bonds. The summed E-state index contributed by atoms with van der Waals surface area (Å²) in [6.07, 6.45) is 0. The largest absolute Gasteiger partial charge is 0.480 e. The second kappa shape index (κ2) is 5.27. The fraction of sp³-hybridized carbons (Fsp3) is 0.600. The predicted octanol–water partition coefficient (Wildman–Crippen LogP) is 1.08. The molecule has 2 N–H and O–H groups in total. The summed E-state index contributed by atoms with van der Waals surface area (Å²) in [4.78, 5) is 27.1. The van der Waals surface area contributed by atoms with Crippen molar-refractivity contribution in [3.63, 3.8) is 0 Å². The number of H-pyrrole nitrogens is 1. The summed E-state index contributed by atoms with van der Waals surface area (Å²) in [7, 11) is 1.72. The van der Waals surface area contributed by atoms with Crippen molar-refractivity contribution in [2.75, 3.05) is 13.6 Å². The monoisotopic (exact) mass is 244 g/mol. The zero-order valence-corrected chi connectivity index (χ0v) is 10.4. The molecular weight excluding hydrogens is 228 g/mol. The SMILES string of the molecule is CC(C)c1[nH]c(=O)sc1CN(C)CC(=O)O. The second-order valence-electron chi connectivity index (χ2n) is 4.07. The molecule has 0 unspecified atom stereocenters. The standard InChI is InChI=1S/C10H16N2O3S/c1-6(2)9-7(16-10(15)11-9)4-12(3)5-8(13)14/h6H,4-5H2,1-3H3,(H,11,15)(H,13,14). The number of aliphatic carboxylic acids is 1. The highest BCUT2D eigenvalue weighted by Crippen LogP contribution is 2.19. The second-order valence-corrected chi connectivity index (χ2v) is 5.14. The highest BCUT2D eigenvalue weighted by atomic mass is 32.1. The van der Waals surface area contributed by atoms with Gasteiger partial charge < -0.3 is 10.1 Å². The molecule has 1 rings (SSSR count). The van der Waals surface area contributed by atoms with Crippen molar-refractivity contribution in [3.05, 3.63) is 20.2 Å². The summed E-state index contributed by atoms with van der Waals surface area (Å²) in [5.74, 6) is -0.622. The van der Waals surface area contributed by atoms with Gasteiger partial charge in [0.2, 0.25) is 0 Å². The molecule has 6 heteroatoms. The van der Waals surface area contributed by atoms with Crippen molar-refractivity contribution in [2.24, 2.45) is 0 Å². The smallest absolute Gasteiger partial charge is 0.317 e. The molecule has 0 aliphatic carbocycles. The Kier molecular flexibility index (Phi) is 4.26. The van der Waals surface area contributed by atoms with Crippen LogP contribution in [0.4, 0.5) is 0 Å². The lowest BCUT2D eigenvalue weighted by Gasteiger charge is -2.14. The van der Waals surface area contributed by atoms with Crippen molar-refractivity contribution in [1.29, 1.82) is 0 Å². The van der Waals surface area contributed by atoms with Crippen LogP contribution in [-0.4, -0.2) is 34.6 Å². The molecule has 0 atom stereocenters. The molecule has 0 saturated heterocycles. The Hall–Kier alpha value is -1.14. The predicted molar refractivity (Wildman–Crippen MR) is 63.0 cm³/mol. The molecule has 1 aromatic heterocycles. The minimum absolute atomic E-state index is 0.0242. The van der Waals surface area contributed by atoms with Gasteiger partial charge in [-0.25, -0.2) is 0 Å². The van der Waals surface area contributed by atoms with Crippen molar-refractivity contribution >= 4 is 17.3 Å². The maximum atomic E-state index is 11.2. The molecule has 0 spiro atoms. The van der Waals surface area contributed by atoms with E-state index in [-0.39, 0.29) is 17.3 Å². The number of likely N-dealkylation sites (N-methyl/N-ethyl adjacent to an activating group) is 1. The van der Waals surface area contributed by atoms with Crippen LogP contribution in [0.5, 0.6) is 0 Å². The molecule has 0 aliphatic rings. The molecule has 0 fully saturated rings. The highest BCUT2D eigenvalue weighted by Gasteiger charge is 2.14. The maximum Gasteiger partial charge on any atom is 0.317 e. The van der Waals surface area contributed by atoms with E-state index in [0.29, 0.717) is 6.54 Å². The van der Waals surface area contributed by atoms with Gasteiger partial charge in [-0.15, -0.1) is 0 Å². The molecule has 16 heavy (non-hydrogen) atoms. The van der Waals surface area contributed by atoms with Gasteiger partial charge in [-0.2, -0.15) is 0 Å². The molecular formula is C10H16N2O3S. The molecule has 1 aromatic rings. The van der Waals surface area contributed by atoms with Gasteiger partial charge in [0.25, 0.3) is 0 Å². The van der Waals surface area contributed by atoms with E-state index in [2.05, 4.69) is 4.98 Å². The van der Waals surface area contributed by atoms with Crippen molar-refractivity contribution in [3.8, 4) is 0 Å². The fourth-order valence-corrected chi connectivity index (χ4v) is 2.55. The van der Waals surface area contributed by atoms with E-state index in [1.165, 1.54) is 0 Å². The first-order valence-electron chi connectivity index (χ1n) is 5.02. The van der Waals surface area contributed by atoms with Crippen LogP contribution in [-0.2, 0) is 11.3 Å². The van der Waals surface area contributed by atoms with E-state index >= 15 is 0 Å². The summed E-state index contributed by atoms with van der Waals surface area (Å²) >= 11 is 1.15. The zero-order chi connectivity index (χ0) is 12.3. The molecule has 90 valence electrons. The van der Waals surface area contributed by atoms with E-state index < -0.39 is 5.97 Å².